The molecule has 0 saturated carbocycles. The summed E-state index contributed by atoms with van der Waals surface area (Å²) in [5.74, 6) is -2.33. The van der Waals surface area contributed by atoms with Crippen LogP contribution in [0.1, 0.15) is 63.4 Å². The van der Waals surface area contributed by atoms with E-state index in [1.165, 1.54) is 55.0 Å². The highest BCUT2D eigenvalue weighted by molar-refractivity contribution is 7.59. The van der Waals surface area contributed by atoms with Crippen molar-refractivity contribution in [2.45, 2.75) is 32.2 Å². The van der Waals surface area contributed by atoms with Crippen molar-refractivity contribution in [2.24, 2.45) is 5.73 Å². The Morgan fingerprint density at radius 3 is 1.80 bits per heavy atom. The molecule has 35 heavy (non-hydrogen) atoms. The van der Waals surface area contributed by atoms with Crippen LogP contribution in [0.5, 0.6) is 0 Å². The third-order valence-electron chi connectivity index (χ3n) is 4.69. The van der Waals surface area contributed by atoms with E-state index < -0.39 is 29.8 Å². The summed E-state index contributed by atoms with van der Waals surface area (Å²) in [7, 11) is 0. The molecule has 1 unspecified atom stereocenters. The number of carboxylic acids is 1. The number of rotatable bonds is 5. The van der Waals surface area contributed by atoms with Gasteiger partial charge in [0.05, 0.1) is 16.7 Å². The van der Waals surface area contributed by atoms with Gasteiger partial charge < -0.3 is 15.6 Å². The molecule has 0 bridgehead atoms. The lowest BCUT2D eigenvalue weighted by molar-refractivity contribution is -0.139. The Labute approximate surface area is 216 Å². The fourth-order valence-corrected chi connectivity index (χ4v) is 3.00. The van der Waals surface area contributed by atoms with Crippen LogP contribution in [0.4, 0.5) is 13.2 Å². The summed E-state index contributed by atoms with van der Waals surface area (Å²) >= 11 is 0. The van der Waals surface area contributed by atoms with Gasteiger partial charge in [-0.25, -0.2) is 9.59 Å². The number of nitrogens with two attached hydrogens (primary N) is 1. The van der Waals surface area contributed by atoms with Gasteiger partial charge in [-0.1, -0.05) is 60.7 Å². The van der Waals surface area contributed by atoms with E-state index in [1.807, 2.05) is 37.3 Å². The summed E-state index contributed by atoms with van der Waals surface area (Å²) in [6.07, 6.45) is -5.78. The summed E-state index contributed by atoms with van der Waals surface area (Å²) < 4.78 is 44.1. The summed E-state index contributed by atoms with van der Waals surface area (Å²) in [4.78, 5) is 23.3. The number of ether oxygens (including phenoxy) is 1. The van der Waals surface area contributed by atoms with E-state index >= 15 is 0 Å². The fraction of sp³-hybridized carbons (Fsp3) is 0.200. The van der Waals surface area contributed by atoms with Crippen molar-refractivity contribution in [3.63, 3.8) is 0 Å². The molecule has 5 nitrogen and oxygen atoms in total. The van der Waals surface area contributed by atoms with Crippen molar-refractivity contribution in [2.75, 3.05) is 0 Å². The Bertz CT molecular complexity index is 1090. The first-order valence-electron chi connectivity index (χ1n) is 10.0. The molecule has 0 saturated heterocycles. The Balaban J connectivity index is 0.000000890. The van der Waals surface area contributed by atoms with Gasteiger partial charge in [0.2, 0.25) is 0 Å². The first kappa shape index (κ1) is 32.1. The highest BCUT2D eigenvalue weighted by Gasteiger charge is 2.35. The number of carbonyl (C=O) groups excluding carboxylic acids is 1. The van der Waals surface area contributed by atoms with Crippen molar-refractivity contribution >= 4 is 38.9 Å². The van der Waals surface area contributed by atoms with Gasteiger partial charge in [-0.15, -0.1) is 0 Å². The Kier molecular flexibility index (Phi) is 13.2. The third-order valence-corrected chi connectivity index (χ3v) is 4.69. The number of carboxylic acid groups (broad SMARTS) is 1. The highest BCUT2D eigenvalue weighted by atomic mass is 32.1. The fourth-order valence-electron chi connectivity index (χ4n) is 3.00. The molecule has 3 aromatic rings. The molecule has 0 amide bonds. The van der Waals surface area contributed by atoms with Crippen LogP contribution in [-0.4, -0.2) is 17.0 Å². The maximum absolute atomic E-state index is 13.0. The van der Waals surface area contributed by atoms with Crippen molar-refractivity contribution < 1.29 is 32.6 Å². The molecule has 2 atom stereocenters. The van der Waals surface area contributed by atoms with Crippen LogP contribution >= 0.6 is 27.0 Å². The molecule has 0 aliphatic heterocycles. The number of alkyl halides is 3. The number of esters is 1. The Morgan fingerprint density at radius 2 is 1.31 bits per heavy atom. The van der Waals surface area contributed by atoms with Crippen molar-refractivity contribution in [1.29, 1.82) is 0 Å². The van der Waals surface area contributed by atoms with Gasteiger partial charge in [0, 0.05) is 11.6 Å². The first-order chi connectivity index (χ1) is 15.5. The molecule has 190 valence electrons. The molecule has 0 heterocycles. The van der Waals surface area contributed by atoms with Gasteiger partial charge in [-0.05, 0) is 37.6 Å². The van der Waals surface area contributed by atoms with E-state index in [4.69, 9.17) is 15.6 Å². The predicted molar refractivity (Wildman–Crippen MR) is 138 cm³/mol. The molecule has 3 rings (SSSR count). The third kappa shape index (κ3) is 9.31. The molecular formula is C25H28F3NO4S2. The zero-order chi connectivity index (χ0) is 24.6. The van der Waals surface area contributed by atoms with E-state index in [2.05, 4.69) is 0 Å². The highest BCUT2D eigenvalue weighted by Crippen LogP contribution is 2.35. The second-order valence-corrected chi connectivity index (χ2v) is 7.18. The minimum absolute atomic E-state index is 0. The molecule has 0 radical (unpaired) electrons. The topological polar surface area (TPSA) is 89.6 Å². The largest absolute Gasteiger partial charge is 0.478 e. The number of halogens is 3. The van der Waals surface area contributed by atoms with Crippen LogP contribution < -0.4 is 5.73 Å². The van der Waals surface area contributed by atoms with E-state index in [9.17, 15) is 22.8 Å². The molecule has 0 spiro atoms. The van der Waals surface area contributed by atoms with Gasteiger partial charge in [0.1, 0.15) is 6.10 Å². The van der Waals surface area contributed by atoms with Crippen molar-refractivity contribution in [3.05, 3.63) is 107 Å². The van der Waals surface area contributed by atoms with Gasteiger partial charge >= 0.3 is 18.1 Å². The van der Waals surface area contributed by atoms with Crippen LogP contribution in [-0.2, 0) is 10.9 Å². The van der Waals surface area contributed by atoms with E-state index in [1.54, 1.807) is 0 Å². The van der Waals surface area contributed by atoms with Crippen LogP contribution in [0.15, 0.2) is 78.9 Å². The average Bonchev–Trinajstić information content (AvgIpc) is 2.79. The standard InChI is InChI=1S/C17H13F3O4.C8H11N.2H2S/c1-10(11-6-4-5-9-14(11)17(18,19)20)24-16(23)13-8-3-2-7-12(13)15(21)22;1-7(9)8-5-3-2-4-6-8;;/h2-10H,1H3,(H,21,22);2-7H,9H2,1H3;2*1H2/t;7-;;/m.0../s1. The van der Waals surface area contributed by atoms with Gasteiger partial charge in [-0.2, -0.15) is 40.2 Å². The quantitative estimate of drug-likeness (QED) is 0.383. The molecule has 3 aromatic carbocycles. The molecule has 0 aliphatic carbocycles. The Hall–Kier alpha value is -2.95. The smallest absolute Gasteiger partial charge is 0.416 e. The zero-order valence-electron chi connectivity index (χ0n) is 19.0. The second-order valence-electron chi connectivity index (χ2n) is 7.18. The second kappa shape index (κ2) is 14.4. The lowest BCUT2D eigenvalue weighted by Crippen LogP contribution is -2.17. The number of hydrogen-bond donors (Lipinski definition) is 2. The molecule has 0 fully saturated rings. The van der Waals surface area contributed by atoms with E-state index in [0.717, 1.165) is 6.07 Å². The maximum atomic E-state index is 13.0. The minimum atomic E-state index is -4.59. The Morgan fingerprint density at radius 1 is 0.829 bits per heavy atom. The van der Waals surface area contributed by atoms with Gasteiger partial charge in [-0.3, -0.25) is 0 Å². The maximum Gasteiger partial charge on any atom is 0.416 e. The summed E-state index contributed by atoms with van der Waals surface area (Å²) in [5, 5.41) is 9.06. The lowest BCUT2D eigenvalue weighted by Gasteiger charge is -2.19. The SMILES string of the molecule is CC(OC(=O)c1ccccc1C(=O)O)c1ccccc1C(F)(F)F.C[C@H](N)c1ccccc1.S.S. The number of carbonyl (C=O) groups is 2. The normalized spacial score (nSPS) is 11.9. The number of aromatic carboxylic acids is 1. The average molecular weight is 528 g/mol. The minimum Gasteiger partial charge on any atom is -0.478 e. The van der Waals surface area contributed by atoms with Gasteiger partial charge in [0.15, 0.2) is 0 Å². The van der Waals surface area contributed by atoms with Crippen LogP contribution in [0.3, 0.4) is 0 Å². The van der Waals surface area contributed by atoms with Crippen LogP contribution in [0.25, 0.3) is 0 Å². The molecule has 0 aromatic heterocycles. The van der Waals surface area contributed by atoms with Crippen LogP contribution in [0.2, 0.25) is 0 Å². The van der Waals surface area contributed by atoms with E-state index in [0.29, 0.717) is 0 Å². The summed E-state index contributed by atoms with van der Waals surface area (Å²) in [6.45, 7) is 3.28. The predicted octanol–water partition coefficient (Wildman–Crippen LogP) is 6.25. The van der Waals surface area contributed by atoms with Crippen LogP contribution in [0, 0.1) is 0 Å². The lowest BCUT2D eigenvalue weighted by atomic mass is 10.0. The number of benzene rings is 3. The van der Waals surface area contributed by atoms with Gasteiger partial charge in [0.25, 0.3) is 0 Å². The molecular weight excluding hydrogens is 499 g/mol. The first-order valence-corrected chi connectivity index (χ1v) is 10.0. The summed E-state index contributed by atoms with van der Waals surface area (Å²) in [6, 6.07) is 20.3. The summed E-state index contributed by atoms with van der Waals surface area (Å²) in [5.41, 5.74) is 5.20. The number of hydrogen-bond acceptors (Lipinski definition) is 4. The molecule has 0 aliphatic rings. The molecule has 10 heteroatoms. The van der Waals surface area contributed by atoms with E-state index in [-0.39, 0.29) is 49.7 Å². The van der Waals surface area contributed by atoms with Crippen molar-refractivity contribution in [1.82, 2.24) is 0 Å². The monoisotopic (exact) mass is 527 g/mol. The van der Waals surface area contributed by atoms with Crippen molar-refractivity contribution in [3.8, 4) is 0 Å². The molecule has 3 N–H and O–H groups in total. The zero-order valence-corrected chi connectivity index (χ0v) is 21.0.